The molecule has 6 heteroatoms. The van der Waals surface area contributed by atoms with Crippen LogP contribution in [0.5, 0.6) is 0 Å². The normalized spacial score (nSPS) is 19.3. The van der Waals surface area contributed by atoms with Crippen LogP contribution in [0.3, 0.4) is 0 Å². The molecule has 0 amide bonds. The van der Waals surface area contributed by atoms with Crippen LogP contribution in [0.15, 0.2) is 6.33 Å². The first kappa shape index (κ1) is 13.5. The number of rotatable bonds is 5. The van der Waals surface area contributed by atoms with Gasteiger partial charge in [-0.1, -0.05) is 0 Å². The van der Waals surface area contributed by atoms with Crippen LogP contribution in [-0.4, -0.2) is 34.0 Å². The summed E-state index contributed by atoms with van der Waals surface area (Å²) in [5, 5.41) is 4.26. The van der Waals surface area contributed by atoms with Crippen molar-refractivity contribution in [3.05, 3.63) is 12.2 Å². The topological polar surface area (TPSA) is 78.0 Å². The Labute approximate surface area is 108 Å². The molecule has 3 N–H and O–H groups in total. The quantitative estimate of drug-likeness (QED) is 0.595. The highest BCUT2D eigenvalue weighted by atomic mass is 16.5. The molecule has 2 rings (SSSR count). The molecule has 0 spiro atoms. The van der Waals surface area contributed by atoms with Gasteiger partial charge >= 0.3 is 0 Å². The van der Waals surface area contributed by atoms with Crippen LogP contribution in [0, 0.1) is 5.92 Å². The Morgan fingerprint density at radius 1 is 1.50 bits per heavy atom. The molecule has 1 aromatic rings. The standard InChI is InChI=1S/C12H23N5O/c1-9(2)17-12(14-8-15-17)7-11(16-13)10-3-5-18-6-4-10/h8-11,16H,3-7,13H2,1-2H3. The summed E-state index contributed by atoms with van der Waals surface area (Å²) >= 11 is 0. The van der Waals surface area contributed by atoms with E-state index in [0.29, 0.717) is 12.0 Å². The van der Waals surface area contributed by atoms with Gasteiger partial charge < -0.3 is 4.74 Å². The maximum absolute atomic E-state index is 5.70. The first-order chi connectivity index (χ1) is 8.72. The average Bonchev–Trinajstić information content (AvgIpc) is 2.85. The summed E-state index contributed by atoms with van der Waals surface area (Å²) in [5.74, 6) is 7.25. The molecule has 102 valence electrons. The number of hydrazine groups is 1. The smallest absolute Gasteiger partial charge is 0.138 e. The molecule has 18 heavy (non-hydrogen) atoms. The van der Waals surface area contributed by atoms with Crippen molar-refractivity contribution in [2.24, 2.45) is 11.8 Å². The second kappa shape index (κ2) is 6.26. The highest BCUT2D eigenvalue weighted by Crippen LogP contribution is 2.21. The summed E-state index contributed by atoms with van der Waals surface area (Å²) < 4.78 is 7.35. The maximum atomic E-state index is 5.70. The molecule has 1 unspecified atom stereocenters. The molecule has 0 aliphatic carbocycles. The molecule has 1 atom stereocenters. The van der Waals surface area contributed by atoms with Crippen LogP contribution in [0.25, 0.3) is 0 Å². The minimum Gasteiger partial charge on any atom is -0.381 e. The highest BCUT2D eigenvalue weighted by molar-refractivity contribution is 4.93. The number of ether oxygens (including phenoxy) is 1. The van der Waals surface area contributed by atoms with Crippen molar-refractivity contribution in [1.29, 1.82) is 0 Å². The fourth-order valence-corrected chi connectivity index (χ4v) is 2.53. The molecule has 1 aliphatic rings. The van der Waals surface area contributed by atoms with Gasteiger partial charge in [0, 0.05) is 31.7 Å². The van der Waals surface area contributed by atoms with E-state index >= 15 is 0 Å². The Morgan fingerprint density at radius 2 is 2.22 bits per heavy atom. The molecule has 1 fully saturated rings. The Kier molecular flexibility index (Phi) is 4.68. The van der Waals surface area contributed by atoms with Gasteiger partial charge in [-0.05, 0) is 32.6 Å². The third-order valence-electron chi connectivity index (χ3n) is 3.59. The van der Waals surface area contributed by atoms with E-state index in [4.69, 9.17) is 10.6 Å². The zero-order valence-corrected chi connectivity index (χ0v) is 11.2. The van der Waals surface area contributed by atoms with Crippen LogP contribution >= 0.6 is 0 Å². The number of aromatic nitrogens is 3. The zero-order chi connectivity index (χ0) is 13.0. The second-order valence-corrected chi connectivity index (χ2v) is 5.14. The Balaban J connectivity index is 2.02. The fourth-order valence-electron chi connectivity index (χ4n) is 2.53. The Bertz CT molecular complexity index is 359. The van der Waals surface area contributed by atoms with E-state index < -0.39 is 0 Å². The van der Waals surface area contributed by atoms with Crippen LogP contribution in [0.2, 0.25) is 0 Å². The number of nitrogens with two attached hydrogens (primary N) is 1. The molecular weight excluding hydrogens is 230 g/mol. The summed E-state index contributed by atoms with van der Waals surface area (Å²) in [7, 11) is 0. The lowest BCUT2D eigenvalue weighted by Crippen LogP contribution is -2.44. The van der Waals surface area contributed by atoms with Gasteiger partial charge in [0.15, 0.2) is 0 Å². The summed E-state index contributed by atoms with van der Waals surface area (Å²) in [5.41, 5.74) is 2.94. The third-order valence-corrected chi connectivity index (χ3v) is 3.59. The van der Waals surface area contributed by atoms with E-state index in [1.807, 2.05) is 4.68 Å². The Morgan fingerprint density at radius 3 is 2.83 bits per heavy atom. The van der Waals surface area contributed by atoms with Crippen molar-refractivity contribution in [1.82, 2.24) is 20.2 Å². The second-order valence-electron chi connectivity index (χ2n) is 5.14. The molecule has 2 heterocycles. The summed E-state index contributed by atoms with van der Waals surface area (Å²) in [6.07, 6.45) is 4.56. The van der Waals surface area contributed by atoms with Crippen molar-refractivity contribution in [3.8, 4) is 0 Å². The molecule has 1 saturated heterocycles. The van der Waals surface area contributed by atoms with E-state index in [1.54, 1.807) is 6.33 Å². The Hall–Kier alpha value is -0.980. The van der Waals surface area contributed by atoms with Crippen molar-refractivity contribution < 1.29 is 4.74 Å². The number of nitrogens with zero attached hydrogens (tertiary/aromatic N) is 3. The fraction of sp³-hybridized carbons (Fsp3) is 0.833. The molecule has 0 saturated carbocycles. The lowest BCUT2D eigenvalue weighted by atomic mass is 9.90. The van der Waals surface area contributed by atoms with E-state index in [1.165, 1.54) is 0 Å². The minimum absolute atomic E-state index is 0.246. The zero-order valence-electron chi connectivity index (χ0n) is 11.2. The van der Waals surface area contributed by atoms with Gasteiger partial charge in [0.05, 0.1) is 0 Å². The van der Waals surface area contributed by atoms with Crippen LogP contribution < -0.4 is 11.3 Å². The number of hydrogen-bond donors (Lipinski definition) is 2. The number of hydrogen-bond acceptors (Lipinski definition) is 5. The predicted molar refractivity (Wildman–Crippen MR) is 68.8 cm³/mol. The summed E-state index contributed by atoms with van der Waals surface area (Å²) in [4.78, 5) is 4.35. The first-order valence-electron chi connectivity index (χ1n) is 6.64. The molecule has 0 aromatic carbocycles. The molecule has 6 nitrogen and oxygen atoms in total. The molecule has 0 radical (unpaired) electrons. The number of nitrogens with one attached hydrogen (secondary N) is 1. The van der Waals surface area contributed by atoms with E-state index in [-0.39, 0.29) is 6.04 Å². The van der Waals surface area contributed by atoms with Crippen molar-refractivity contribution in [2.75, 3.05) is 13.2 Å². The predicted octanol–water partition coefficient (Wildman–Crippen LogP) is 0.660. The monoisotopic (exact) mass is 253 g/mol. The molecule has 1 aliphatic heterocycles. The van der Waals surface area contributed by atoms with Crippen molar-refractivity contribution in [3.63, 3.8) is 0 Å². The van der Waals surface area contributed by atoms with Gasteiger partial charge in [0.1, 0.15) is 12.2 Å². The van der Waals surface area contributed by atoms with Gasteiger partial charge in [0.2, 0.25) is 0 Å². The SMILES string of the molecule is CC(C)n1ncnc1CC(NN)C1CCOCC1. The first-order valence-corrected chi connectivity index (χ1v) is 6.64. The maximum Gasteiger partial charge on any atom is 0.138 e. The summed E-state index contributed by atoms with van der Waals surface area (Å²) in [6.45, 7) is 5.88. The molecular formula is C12H23N5O. The van der Waals surface area contributed by atoms with Gasteiger partial charge in [0.25, 0.3) is 0 Å². The van der Waals surface area contributed by atoms with E-state index in [9.17, 15) is 0 Å². The third kappa shape index (κ3) is 3.07. The molecule has 0 bridgehead atoms. The van der Waals surface area contributed by atoms with Crippen LogP contribution in [0.1, 0.15) is 38.6 Å². The summed E-state index contributed by atoms with van der Waals surface area (Å²) in [6, 6.07) is 0.575. The van der Waals surface area contributed by atoms with Crippen LogP contribution in [-0.2, 0) is 11.2 Å². The largest absolute Gasteiger partial charge is 0.381 e. The van der Waals surface area contributed by atoms with Gasteiger partial charge in [-0.15, -0.1) is 0 Å². The van der Waals surface area contributed by atoms with Gasteiger partial charge in [-0.2, -0.15) is 5.10 Å². The average molecular weight is 253 g/mol. The minimum atomic E-state index is 0.246. The van der Waals surface area contributed by atoms with Crippen molar-refractivity contribution >= 4 is 0 Å². The highest BCUT2D eigenvalue weighted by Gasteiger charge is 2.25. The lowest BCUT2D eigenvalue weighted by Gasteiger charge is -2.29. The van der Waals surface area contributed by atoms with Gasteiger partial charge in [-0.25, -0.2) is 9.67 Å². The van der Waals surface area contributed by atoms with Crippen LogP contribution in [0.4, 0.5) is 0 Å². The lowest BCUT2D eigenvalue weighted by molar-refractivity contribution is 0.0533. The van der Waals surface area contributed by atoms with Gasteiger partial charge in [-0.3, -0.25) is 11.3 Å². The van der Waals surface area contributed by atoms with E-state index in [2.05, 4.69) is 29.4 Å². The molecule has 1 aromatic heterocycles. The van der Waals surface area contributed by atoms with Crippen molar-refractivity contribution in [2.45, 2.75) is 45.2 Å². The van der Waals surface area contributed by atoms with E-state index in [0.717, 1.165) is 38.3 Å².